The maximum atomic E-state index is 13.6. The van der Waals surface area contributed by atoms with E-state index < -0.39 is 23.5 Å². The Morgan fingerprint density at radius 3 is 2.50 bits per heavy atom. The molecule has 0 radical (unpaired) electrons. The molecule has 1 amide bonds. The molecule has 1 saturated heterocycles. The van der Waals surface area contributed by atoms with Crippen LogP contribution in [0.4, 0.5) is 10.2 Å². The highest BCUT2D eigenvalue weighted by molar-refractivity contribution is 6.51. The van der Waals surface area contributed by atoms with Crippen LogP contribution in [0.1, 0.15) is 29.7 Å². The predicted octanol–water partition coefficient (Wildman–Crippen LogP) is 4.55. The summed E-state index contributed by atoms with van der Waals surface area (Å²) in [5.74, 6) is -1.53. The number of halogens is 1. The van der Waals surface area contributed by atoms with E-state index in [1.807, 2.05) is 6.92 Å². The third kappa shape index (κ3) is 3.73. The molecule has 7 heteroatoms. The minimum absolute atomic E-state index is 0.0838. The van der Waals surface area contributed by atoms with Gasteiger partial charge >= 0.3 is 5.91 Å². The molecule has 1 aliphatic heterocycles. The Labute approximate surface area is 184 Å². The summed E-state index contributed by atoms with van der Waals surface area (Å²) in [6, 6.07) is 14.6. The zero-order chi connectivity index (χ0) is 22.8. The zero-order valence-electron chi connectivity index (χ0n) is 17.6. The standard InChI is InChI=1S/C25H21FN2O4/c1-3-32-18-11-12-19(15(2)14-18)23(29)21-22(16-7-9-17(26)10-8-16)28(25(31)24(21)30)20-6-4-5-13-27-20/h4-14,22,29H,3H2,1-2H3/t22-/m0/s1. The largest absolute Gasteiger partial charge is 0.507 e. The van der Waals surface area contributed by atoms with Crippen LogP contribution >= 0.6 is 0 Å². The van der Waals surface area contributed by atoms with Crippen molar-refractivity contribution in [2.45, 2.75) is 19.9 Å². The molecule has 6 nitrogen and oxygen atoms in total. The van der Waals surface area contributed by atoms with E-state index in [0.717, 1.165) is 0 Å². The number of ether oxygens (including phenoxy) is 1. The van der Waals surface area contributed by atoms with E-state index >= 15 is 0 Å². The lowest BCUT2D eigenvalue weighted by atomic mass is 9.94. The van der Waals surface area contributed by atoms with Crippen molar-refractivity contribution in [1.29, 1.82) is 0 Å². The van der Waals surface area contributed by atoms with Crippen molar-refractivity contribution in [3.05, 3.63) is 94.9 Å². The van der Waals surface area contributed by atoms with E-state index in [9.17, 15) is 19.1 Å². The molecule has 162 valence electrons. The molecule has 1 fully saturated rings. The van der Waals surface area contributed by atoms with E-state index in [-0.39, 0.29) is 17.2 Å². The van der Waals surface area contributed by atoms with Gasteiger partial charge in [0.2, 0.25) is 0 Å². The van der Waals surface area contributed by atoms with Crippen LogP contribution in [0, 0.1) is 12.7 Å². The van der Waals surface area contributed by atoms with Gasteiger partial charge in [0.05, 0.1) is 18.2 Å². The highest BCUT2D eigenvalue weighted by atomic mass is 19.1. The normalized spacial score (nSPS) is 17.6. The van der Waals surface area contributed by atoms with E-state index in [0.29, 0.717) is 29.0 Å². The Bertz CT molecular complexity index is 1210. The summed E-state index contributed by atoms with van der Waals surface area (Å²) >= 11 is 0. The van der Waals surface area contributed by atoms with Crippen LogP contribution in [0.3, 0.4) is 0 Å². The number of pyridine rings is 1. The van der Waals surface area contributed by atoms with Gasteiger partial charge in [0, 0.05) is 11.8 Å². The molecule has 0 bridgehead atoms. The Hall–Kier alpha value is -4.00. The average molecular weight is 432 g/mol. The fraction of sp³-hybridized carbons (Fsp3) is 0.160. The number of amides is 1. The van der Waals surface area contributed by atoms with E-state index in [4.69, 9.17) is 4.74 Å². The van der Waals surface area contributed by atoms with Gasteiger partial charge in [-0.05, 0) is 67.4 Å². The number of carbonyl (C=O) groups is 2. The molecule has 0 saturated carbocycles. The van der Waals surface area contributed by atoms with Crippen LogP contribution < -0.4 is 9.64 Å². The molecule has 1 aliphatic rings. The van der Waals surface area contributed by atoms with Crippen molar-refractivity contribution < 1.29 is 23.8 Å². The number of ketones is 1. The molecule has 0 spiro atoms. The fourth-order valence-electron chi connectivity index (χ4n) is 3.83. The average Bonchev–Trinajstić information content (AvgIpc) is 3.05. The van der Waals surface area contributed by atoms with Crippen molar-refractivity contribution in [2.24, 2.45) is 0 Å². The highest BCUT2D eigenvalue weighted by Gasteiger charge is 2.47. The number of aliphatic hydroxyl groups is 1. The second kappa shape index (κ2) is 8.63. The van der Waals surface area contributed by atoms with Crippen LogP contribution in [-0.4, -0.2) is 28.4 Å². The highest BCUT2D eigenvalue weighted by Crippen LogP contribution is 2.42. The van der Waals surface area contributed by atoms with Gasteiger partial charge in [-0.15, -0.1) is 0 Å². The molecule has 1 N–H and O–H groups in total. The number of benzene rings is 2. The summed E-state index contributed by atoms with van der Waals surface area (Å²) in [5.41, 5.74) is 1.47. The number of hydrogen-bond acceptors (Lipinski definition) is 5. The number of aryl methyl sites for hydroxylation is 1. The van der Waals surface area contributed by atoms with Gasteiger partial charge in [-0.25, -0.2) is 9.37 Å². The van der Waals surface area contributed by atoms with Gasteiger partial charge in [-0.1, -0.05) is 18.2 Å². The molecule has 2 heterocycles. The molecule has 2 aromatic carbocycles. The molecule has 3 aromatic rings. The number of hydrogen-bond donors (Lipinski definition) is 1. The summed E-state index contributed by atoms with van der Waals surface area (Å²) in [5, 5.41) is 11.2. The Morgan fingerprint density at radius 1 is 1.12 bits per heavy atom. The second-order valence-electron chi connectivity index (χ2n) is 7.32. The van der Waals surface area contributed by atoms with Crippen molar-refractivity contribution >= 4 is 23.3 Å². The van der Waals surface area contributed by atoms with Crippen LogP contribution in [0.5, 0.6) is 5.75 Å². The van der Waals surface area contributed by atoms with Crippen LogP contribution in [0.15, 0.2) is 72.4 Å². The molecular weight excluding hydrogens is 411 g/mol. The SMILES string of the molecule is CCOc1ccc(C(O)=C2C(=O)C(=O)N(c3ccccn3)[C@H]2c2ccc(F)cc2)c(C)c1. The first kappa shape index (κ1) is 21.2. The van der Waals surface area contributed by atoms with Crippen molar-refractivity contribution in [2.75, 3.05) is 11.5 Å². The minimum Gasteiger partial charge on any atom is -0.507 e. The van der Waals surface area contributed by atoms with Gasteiger partial charge in [-0.3, -0.25) is 14.5 Å². The van der Waals surface area contributed by atoms with Crippen LogP contribution in [-0.2, 0) is 9.59 Å². The number of nitrogens with zero attached hydrogens (tertiary/aromatic N) is 2. The number of aromatic nitrogens is 1. The number of rotatable bonds is 5. The topological polar surface area (TPSA) is 79.7 Å². The van der Waals surface area contributed by atoms with Crippen molar-refractivity contribution in [3.63, 3.8) is 0 Å². The lowest BCUT2D eigenvalue weighted by molar-refractivity contribution is -0.132. The molecule has 32 heavy (non-hydrogen) atoms. The first-order valence-electron chi connectivity index (χ1n) is 10.1. The number of aliphatic hydroxyl groups excluding tert-OH is 1. The summed E-state index contributed by atoms with van der Waals surface area (Å²) < 4.78 is 19.1. The molecule has 1 aromatic heterocycles. The van der Waals surface area contributed by atoms with E-state index in [2.05, 4.69) is 4.98 Å². The number of carbonyl (C=O) groups excluding carboxylic acids is 2. The number of Topliss-reactive ketones (excluding diaryl/α,β-unsaturated/α-hetero) is 1. The molecule has 1 atom stereocenters. The van der Waals surface area contributed by atoms with E-state index in [1.165, 1.54) is 35.4 Å². The van der Waals surface area contributed by atoms with Gasteiger partial charge in [-0.2, -0.15) is 0 Å². The number of anilines is 1. The van der Waals surface area contributed by atoms with Crippen LogP contribution in [0.25, 0.3) is 5.76 Å². The second-order valence-corrected chi connectivity index (χ2v) is 7.32. The zero-order valence-corrected chi connectivity index (χ0v) is 17.6. The fourth-order valence-corrected chi connectivity index (χ4v) is 3.83. The Kier molecular flexibility index (Phi) is 5.73. The minimum atomic E-state index is -0.962. The Balaban J connectivity index is 1.91. The van der Waals surface area contributed by atoms with Crippen LogP contribution in [0.2, 0.25) is 0 Å². The first-order valence-corrected chi connectivity index (χ1v) is 10.1. The lowest BCUT2D eigenvalue weighted by Gasteiger charge is -2.24. The summed E-state index contributed by atoms with van der Waals surface area (Å²) in [6.45, 7) is 4.13. The molecule has 0 unspecified atom stereocenters. The molecule has 0 aliphatic carbocycles. The predicted molar refractivity (Wildman–Crippen MR) is 118 cm³/mol. The van der Waals surface area contributed by atoms with Gasteiger partial charge in [0.25, 0.3) is 5.78 Å². The van der Waals surface area contributed by atoms with Crippen molar-refractivity contribution in [3.8, 4) is 5.75 Å². The van der Waals surface area contributed by atoms with Gasteiger partial charge in [0.15, 0.2) is 0 Å². The smallest absolute Gasteiger partial charge is 0.301 e. The summed E-state index contributed by atoms with van der Waals surface area (Å²) in [6.07, 6.45) is 1.51. The summed E-state index contributed by atoms with van der Waals surface area (Å²) in [7, 11) is 0. The van der Waals surface area contributed by atoms with Gasteiger partial charge in [0.1, 0.15) is 23.1 Å². The lowest BCUT2D eigenvalue weighted by Crippen LogP contribution is -2.30. The molecular formula is C25H21FN2O4. The quantitative estimate of drug-likeness (QED) is 0.363. The molecule has 4 rings (SSSR count). The van der Waals surface area contributed by atoms with E-state index in [1.54, 1.807) is 43.3 Å². The maximum Gasteiger partial charge on any atom is 0.301 e. The van der Waals surface area contributed by atoms with Crippen molar-refractivity contribution in [1.82, 2.24) is 4.98 Å². The first-order chi connectivity index (χ1) is 15.4. The third-order valence-corrected chi connectivity index (χ3v) is 5.29. The van der Waals surface area contributed by atoms with Gasteiger partial charge < -0.3 is 9.84 Å². The Morgan fingerprint density at radius 2 is 1.88 bits per heavy atom. The third-order valence-electron chi connectivity index (χ3n) is 5.29. The summed E-state index contributed by atoms with van der Waals surface area (Å²) in [4.78, 5) is 31.6. The monoisotopic (exact) mass is 432 g/mol. The maximum absolute atomic E-state index is 13.6.